The topological polar surface area (TPSA) is 0 Å². The van der Waals surface area contributed by atoms with E-state index in [1.807, 2.05) is 0 Å². The first-order valence-electron chi connectivity index (χ1n) is 7.68. The Kier molecular flexibility index (Phi) is 8.30. The summed E-state index contributed by atoms with van der Waals surface area (Å²) in [6, 6.07) is 19.8. The Hall–Kier alpha value is -0.583. The minimum absolute atomic E-state index is 0.252. The van der Waals surface area contributed by atoms with Crippen molar-refractivity contribution in [3.8, 4) is 0 Å². The summed E-state index contributed by atoms with van der Waals surface area (Å²) in [6.07, 6.45) is 0. The van der Waals surface area contributed by atoms with E-state index in [4.69, 9.17) is 0 Å². The quantitative estimate of drug-likeness (QED) is 0.726. The molecule has 0 amide bonds. The molecule has 0 aliphatic carbocycles. The van der Waals surface area contributed by atoms with Gasteiger partial charge in [-0.2, -0.15) is 0 Å². The molecule has 2 rings (SSSR count). The molecule has 0 unspecified atom stereocenters. The fourth-order valence-corrected chi connectivity index (χ4v) is 8.07. The van der Waals surface area contributed by atoms with Gasteiger partial charge in [-0.05, 0) is 0 Å². The molecule has 0 aliphatic heterocycles. The summed E-state index contributed by atoms with van der Waals surface area (Å²) in [7, 11) is -0.851. The van der Waals surface area contributed by atoms with E-state index in [0.29, 0.717) is 0 Å². The van der Waals surface area contributed by atoms with Crippen molar-refractivity contribution in [3.63, 3.8) is 0 Å². The number of hydrogen-bond donors (Lipinski definition) is 0. The average molecular weight is 373 g/mol. The molecule has 0 heterocycles. The van der Waals surface area contributed by atoms with Gasteiger partial charge in [-0.1, -0.05) is 60.8 Å². The standard InChI is InChI=1S/C10H17Si2.C8H11Ge/c1-11(2)9-7-5-6-8-10(9)12(3)4;1-9(2)8-6-4-3-5-7-8/h5-8,11H,1-4H3;3-7H,1-2H3. The average Bonchev–Trinajstić information content (AvgIpc) is 2.48. The molecule has 0 bridgehead atoms. The van der Waals surface area contributed by atoms with Crippen LogP contribution in [0.5, 0.6) is 0 Å². The van der Waals surface area contributed by atoms with Crippen LogP contribution in [-0.4, -0.2) is 31.9 Å². The second kappa shape index (κ2) is 9.44. The molecule has 0 saturated heterocycles. The van der Waals surface area contributed by atoms with Crippen molar-refractivity contribution < 1.29 is 0 Å². The van der Waals surface area contributed by atoms with Crippen LogP contribution in [0.25, 0.3) is 0 Å². The number of benzene rings is 2. The van der Waals surface area contributed by atoms with Gasteiger partial charge in [0.25, 0.3) is 0 Å². The second-order valence-corrected chi connectivity index (χ2v) is 17.0. The van der Waals surface area contributed by atoms with Gasteiger partial charge in [0.15, 0.2) is 0 Å². The van der Waals surface area contributed by atoms with Crippen molar-refractivity contribution in [1.82, 2.24) is 0 Å². The molecule has 0 aliphatic rings. The predicted octanol–water partition coefficient (Wildman–Crippen LogP) is 2.99. The van der Waals surface area contributed by atoms with Crippen molar-refractivity contribution in [3.05, 3.63) is 54.6 Å². The Bertz CT molecular complexity index is 495. The molecule has 2 radical (unpaired) electrons. The summed E-state index contributed by atoms with van der Waals surface area (Å²) in [6.45, 7) is 9.56. The Balaban J connectivity index is 0.000000219. The Labute approximate surface area is 138 Å². The molecule has 0 saturated carbocycles. The zero-order valence-electron chi connectivity index (χ0n) is 14.3. The SMILES string of the molecule is C[Si](C)c1ccccc1[SiH](C)C.[CH3][Ge]([CH3])[c]1ccccc1. The summed E-state index contributed by atoms with van der Waals surface area (Å²) in [5.41, 5.74) is 0. The van der Waals surface area contributed by atoms with Crippen LogP contribution in [0.4, 0.5) is 0 Å². The Morgan fingerprint density at radius 2 is 1.33 bits per heavy atom. The molecular formula is C18H28GeSi2. The third kappa shape index (κ3) is 6.37. The van der Waals surface area contributed by atoms with Crippen molar-refractivity contribution in [2.45, 2.75) is 37.7 Å². The number of hydrogen-bond acceptors (Lipinski definition) is 0. The molecule has 21 heavy (non-hydrogen) atoms. The van der Waals surface area contributed by atoms with Crippen molar-refractivity contribution in [1.29, 1.82) is 0 Å². The maximum absolute atomic E-state index is 2.41. The van der Waals surface area contributed by atoms with Gasteiger partial charge < -0.3 is 0 Å². The summed E-state index contributed by atoms with van der Waals surface area (Å²) < 4.78 is 1.58. The van der Waals surface area contributed by atoms with E-state index < -0.39 is 23.1 Å². The van der Waals surface area contributed by atoms with Crippen LogP contribution in [0.2, 0.25) is 37.7 Å². The first kappa shape index (κ1) is 18.5. The van der Waals surface area contributed by atoms with Crippen LogP contribution in [-0.2, 0) is 0 Å². The summed E-state index contributed by atoms with van der Waals surface area (Å²) in [5.74, 6) is 4.74. The molecule has 0 aromatic heterocycles. The van der Waals surface area contributed by atoms with E-state index in [-0.39, 0.29) is 8.80 Å². The first-order chi connectivity index (χ1) is 9.93. The van der Waals surface area contributed by atoms with E-state index in [1.165, 1.54) is 0 Å². The molecule has 2 aromatic rings. The van der Waals surface area contributed by atoms with Crippen molar-refractivity contribution in [2.24, 2.45) is 0 Å². The Morgan fingerprint density at radius 1 is 0.810 bits per heavy atom. The van der Waals surface area contributed by atoms with E-state index in [2.05, 4.69) is 92.3 Å². The summed E-state index contributed by atoms with van der Waals surface area (Å²) >= 11 is -0.766. The fourth-order valence-electron chi connectivity index (χ4n) is 2.23. The van der Waals surface area contributed by atoms with E-state index in [0.717, 1.165) is 0 Å². The van der Waals surface area contributed by atoms with Crippen LogP contribution >= 0.6 is 0 Å². The monoisotopic (exact) mass is 374 g/mol. The minimum atomic E-state index is -0.766. The zero-order valence-corrected chi connectivity index (χ0v) is 18.5. The van der Waals surface area contributed by atoms with E-state index >= 15 is 0 Å². The normalized spacial score (nSPS) is 10.7. The van der Waals surface area contributed by atoms with Crippen LogP contribution < -0.4 is 14.8 Å². The van der Waals surface area contributed by atoms with Gasteiger partial charge in [-0.25, -0.2) is 0 Å². The van der Waals surface area contributed by atoms with E-state index in [1.54, 1.807) is 14.8 Å². The van der Waals surface area contributed by atoms with Crippen molar-refractivity contribution in [2.75, 3.05) is 0 Å². The van der Waals surface area contributed by atoms with Gasteiger partial charge >= 0.3 is 60.6 Å². The zero-order chi connectivity index (χ0) is 15.8. The molecule has 0 N–H and O–H groups in total. The molecule has 112 valence electrons. The van der Waals surface area contributed by atoms with Gasteiger partial charge in [0.2, 0.25) is 0 Å². The van der Waals surface area contributed by atoms with Crippen LogP contribution in [0, 0.1) is 0 Å². The molecule has 0 nitrogen and oxygen atoms in total. The predicted molar refractivity (Wildman–Crippen MR) is 106 cm³/mol. The van der Waals surface area contributed by atoms with Gasteiger partial charge in [-0.3, -0.25) is 0 Å². The molecule has 0 spiro atoms. The van der Waals surface area contributed by atoms with Crippen molar-refractivity contribution >= 4 is 46.7 Å². The molecule has 0 atom stereocenters. The summed E-state index contributed by atoms with van der Waals surface area (Å²) in [4.78, 5) is 0. The van der Waals surface area contributed by atoms with Crippen LogP contribution in [0.1, 0.15) is 0 Å². The molecule has 3 heteroatoms. The van der Waals surface area contributed by atoms with Gasteiger partial charge in [0.05, 0.1) is 17.6 Å². The molecule has 0 fully saturated rings. The third-order valence-corrected chi connectivity index (χ3v) is 10.2. The third-order valence-electron chi connectivity index (χ3n) is 3.47. The maximum atomic E-state index is 2.41. The molecule has 2 aromatic carbocycles. The molecular weight excluding hydrogens is 345 g/mol. The number of rotatable bonds is 3. The van der Waals surface area contributed by atoms with Gasteiger partial charge in [0, 0.05) is 0 Å². The van der Waals surface area contributed by atoms with Gasteiger partial charge in [0.1, 0.15) is 0 Å². The second-order valence-electron chi connectivity index (χ2n) is 6.11. The van der Waals surface area contributed by atoms with Gasteiger partial charge in [-0.15, -0.1) is 0 Å². The van der Waals surface area contributed by atoms with E-state index in [9.17, 15) is 0 Å². The Morgan fingerprint density at radius 3 is 1.71 bits per heavy atom. The summed E-state index contributed by atoms with van der Waals surface area (Å²) in [5, 5.41) is 3.33. The van der Waals surface area contributed by atoms with Crippen LogP contribution in [0.3, 0.4) is 0 Å². The fraction of sp³-hybridized carbons (Fsp3) is 0.333. The first-order valence-corrected chi connectivity index (χ1v) is 18.3. The van der Waals surface area contributed by atoms with Crippen LogP contribution in [0.15, 0.2) is 54.6 Å².